The summed E-state index contributed by atoms with van der Waals surface area (Å²) in [7, 11) is 0. The van der Waals surface area contributed by atoms with E-state index in [1.165, 1.54) is 51.4 Å². The van der Waals surface area contributed by atoms with Crippen molar-refractivity contribution in [2.24, 2.45) is 5.92 Å². The van der Waals surface area contributed by atoms with Crippen LogP contribution in [-0.2, 0) is 0 Å². The van der Waals surface area contributed by atoms with Gasteiger partial charge in [-0.25, -0.2) is 0 Å². The highest BCUT2D eigenvalue weighted by Crippen LogP contribution is 2.15. The van der Waals surface area contributed by atoms with Crippen LogP contribution in [0.25, 0.3) is 0 Å². The Hall–Kier alpha value is -0.260. The van der Waals surface area contributed by atoms with Gasteiger partial charge in [0.25, 0.3) is 0 Å². The smallest absolute Gasteiger partial charge is 0.0236 e. The predicted octanol–water partition coefficient (Wildman–Crippen LogP) is 5.34. The average molecular weight is 196 g/mol. The third-order valence-corrected chi connectivity index (χ3v) is 2.82. The topological polar surface area (TPSA) is 0 Å². The summed E-state index contributed by atoms with van der Waals surface area (Å²) in [4.78, 5) is 0. The zero-order valence-electron chi connectivity index (χ0n) is 10.4. The van der Waals surface area contributed by atoms with Gasteiger partial charge in [-0.3, -0.25) is 0 Å². The molecular formula is C14H28. The minimum absolute atomic E-state index is 0.846. The molecule has 0 bridgehead atoms. The van der Waals surface area contributed by atoms with Crippen molar-refractivity contribution >= 4 is 0 Å². The first-order valence-electron chi connectivity index (χ1n) is 6.51. The lowest BCUT2D eigenvalue weighted by molar-refractivity contribution is 0.517. The fourth-order valence-electron chi connectivity index (χ4n) is 1.73. The maximum Gasteiger partial charge on any atom is -0.0236 e. The summed E-state index contributed by atoms with van der Waals surface area (Å²) >= 11 is 0. The van der Waals surface area contributed by atoms with Gasteiger partial charge in [0.1, 0.15) is 0 Å². The van der Waals surface area contributed by atoms with Crippen LogP contribution in [0.1, 0.15) is 72.1 Å². The van der Waals surface area contributed by atoms with Crippen molar-refractivity contribution in [1.29, 1.82) is 0 Å². The minimum Gasteiger partial charge on any atom is -0.0883 e. The molecule has 14 heavy (non-hydrogen) atoms. The van der Waals surface area contributed by atoms with Crippen LogP contribution in [0.3, 0.4) is 0 Å². The summed E-state index contributed by atoms with van der Waals surface area (Å²) in [5.41, 5.74) is 0. The number of hydrogen-bond donors (Lipinski definition) is 0. The van der Waals surface area contributed by atoms with Gasteiger partial charge < -0.3 is 0 Å². The van der Waals surface area contributed by atoms with E-state index in [-0.39, 0.29) is 0 Å². The molecule has 0 spiro atoms. The Bertz CT molecular complexity index is 124. The molecule has 0 rings (SSSR count). The van der Waals surface area contributed by atoms with Gasteiger partial charge in [0, 0.05) is 0 Å². The van der Waals surface area contributed by atoms with E-state index in [9.17, 15) is 0 Å². The number of allylic oxidation sites excluding steroid dienone is 2. The summed E-state index contributed by atoms with van der Waals surface area (Å²) in [5, 5.41) is 0. The molecule has 84 valence electrons. The molecule has 1 atom stereocenters. The second kappa shape index (κ2) is 10.8. The first-order valence-corrected chi connectivity index (χ1v) is 6.51. The van der Waals surface area contributed by atoms with E-state index in [4.69, 9.17) is 0 Å². The summed E-state index contributed by atoms with van der Waals surface area (Å²) in [6.45, 7) is 6.83. The Morgan fingerprint density at radius 1 is 0.929 bits per heavy atom. The quantitative estimate of drug-likeness (QED) is 0.345. The summed E-state index contributed by atoms with van der Waals surface area (Å²) in [6.07, 6.45) is 15.7. The van der Waals surface area contributed by atoms with Gasteiger partial charge >= 0.3 is 0 Å². The first-order chi connectivity index (χ1) is 6.85. The maximum atomic E-state index is 2.44. The molecule has 0 saturated heterocycles. The zero-order valence-corrected chi connectivity index (χ0v) is 10.4. The van der Waals surface area contributed by atoms with Gasteiger partial charge in [-0.2, -0.15) is 0 Å². The molecule has 1 unspecified atom stereocenters. The Morgan fingerprint density at radius 2 is 1.71 bits per heavy atom. The van der Waals surface area contributed by atoms with E-state index < -0.39 is 0 Å². The third-order valence-electron chi connectivity index (χ3n) is 2.82. The lowest BCUT2D eigenvalue weighted by atomic mass is 9.97. The SMILES string of the molecule is CCCC=CC(CC)CCCCCC. The largest absolute Gasteiger partial charge is 0.0883 e. The molecule has 0 aliphatic carbocycles. The Kier molecular flexibility index (Phi) is 10.6. The molecule has 0 radical (unpaired) electrons. The van der Waals surface area contributed by atoms with Gasteiger partial charge in [-0.1, -0.05) is 65.0 Å². The molecule has 0 aliphatic heterocycles. The molecule has 0 aliphatic rings. The van der Waals surface area contributed by atoms with Crippen molar-refractivity contribution < 1.29 is 0 Å². The molecule has 0 amide bonds. The van der Waals surface area contributed by atoms with Crippen molar-refractivity contribution in [2.45, 2.75) is 72.1 Å². The van der Waals surface area contributed by atoms with E-state index in [1.807, 2.05) is 0 Å². The Morgan fingerprint density at radius 3 is 2.29 bits per heavy atom. The van der Waals surface area contributed by atoms with E-state index in [0.29, 0.717) is 0 Å². The van der Waals surface area contributed by atoms with Crippen molar-refractivity contribution in [2.75, 3.05) is 0 Å². The molecule has 0 aromatic rings. The van der Waals surface area contributed by atoms with Crippen molar-refractivity contribution in [3.63, 3.8) is 0 Å². The molecule has 0 fully saturated rings. The molecule has 0 saturated carbocycles. The third kappa shape index (κ3) is 8.34. The van der Waals surface area contributed by atoms with E-state index in [1.54, 1.807) is 0 Å². The zero-order chi connectivity index (χ0) is 10.6. The Balaban J connectivity index is 3.47. The summed E-state index contributed by atoms with van der Waals surface area (Å²) in [6, 6.07) is 0. The van der Waals surface area contributed by atoms with Gasteiger partial charge in [-0.05, 0) is 25.2 Å². The number of hydrogen-bond acceptors (Lipinski definition) is 0. The van der Waals surface area contributed by atoms with Crippen LogP contribution in [-0.4, -0.2) is 0 Å². The highest BCUT2D eigenvalue weighted by molar-refractivity contribution is 4.87. The maximum absolute atomic E-state index is 2.44. The molecule has 0 N–H and O–H groups in total. The highest BCUT2D eigenvalue weighted by Gasteiger charge is 2.00. The number of rotatable bonds is 9. The predicted molar refractivity (Wildman–Crippen MR) is 66.6 cm³/mol. The lowest BCUT2D eigenvalue weighted by Gasteiger charge is -2.09. The van der Waals surface area contributed by atoms with Gasteiger partial charge in [0.15, 0.2) is 0 Å². The van der Waals surface area contributed by atoms with Gasteiger partial charge in [0.2, 0.25) is 0 Å². The summed E-state index contributed by atoms with van der Waals surface area (Å²) < 4.78 is 0. The van der Waals surface area contributed by atoms with Crippen LogP contribution in [0.15, 0.2) is 12.2 Å². The van der Waals surface area contributed by atoms with Crippen LogP contribution < -0.4 is 0 Å². The average Bonchev–Trinajstić information content (AvgIpc) is 2.22. The van der Waals surface area contributed by atoms with Crippen molar-refractivity contribution in [1.82, 2.24) is 0 Å². The fourth-order valence-corrected chi connectivity index (χ4v) is 1.73. The van der Waals surface area contributed by atoms with Gasteiger partial charge in [-0.15, -0.1) is 0 Å². The second-order valence-corrected chi connectivity index (χ2v) is 4.23. The standard InChI is InChI=1S/C14H28/c1-4-7-9-11-13-14(6-3)12-10-8-5-2/h10,12,14H,4-9,11,13H2,1-3H3. The molecule has 0 heterocycles. The first kappa shape index (κ1) is 13.7. The van der Waals surface area contributed by atoms with E-state index in [0.717, 1.165) is 5.92 Å². The normalized spacial score (nSPS) is 13.6. The number of unbranched alkanes of at least 4 members (excludes halogenated alkanes) is 4. The van der Waals surface area contributed by atoms with Crippen molar-refractivity contribution in [3.8, 4) is 0 Å². The minimum atomic E-state index is 0.846. The lowest BCUT2D eigenvalue weighted by Crippen LogP contribution is -1.94. The van der Waals surface area contributed by atoms with E-state index >= 15 is 0 Å². The molecular weight excluding hydrogens is 168 g/mol. The van der Waals surface area contributed by atoms with Crippen LogP contribution in [0.2, 0.25) is 0 Å². The summed E-state index contributed by atoms with van der Waals surface area (Å²) in [5.74, 6) is 0.846. The van der Waals surface area contributed by atoms with Crippen LogP contribution >= 0.6 is 0 Å². The second-order valence-electron chi connectivity index (χ2n) is 4.23. The molecule has 0 heteroatoms. The molecule has 0 nitrogen and oxygen atoms in total. The molecule has 0 aromatic carbocycles. The van der Waals surface area contributed by atoms with Crippen LogP contribution in [0.5, 0.6) is 0 Å². The van der Waals surface area contributed by atoms with E-state index in [2.05, 4.69) is 32.9 Å². The van der Waals surface area contributed by atoms with Crippen LogP contribution in [0.4, 0.5) is 0 Å². The Labute approximate surface area is 90.8 Å². The monoisotopic (exact) mass is 196 g/mol. The van der Waals surface area contributed by atoms with Crippen molar-refractivity contribution in [3.05, 3.63) is 12.2 Å². The highest BCUT2D eigenvalue weighted by atomic mass is 14.1. The molecule has 0 aromatic heterocycles. The van der Waals surface area contributed by atoms with Gasteiger partial charge in [0.05, 0.1) is 0 Å². The van der Waals surface area contributed by atoms with Crippen LogP contribution in [0, 0.1) is 5.92 Å². The fraction of sp³-hybridized carbons (Fsp3) is 0.857.